The molecule has 29 heavy (non-hydrogen) atoms. The van der Waals surface area contributed by atoms with Crippen molar-refractivity contribution in [1.82, 2.24) is 20.0 Å². The zero-order valence-corrected chi connectivity index (χ0v) is 17.3. The number of hydrogen-bond acceptors (Lipinski definition) is 9. The number of nitrogens with one attached hydrogen (secondary N) is 1. The summed E-state index contributed by atoms with van der Waals surface area (Å²) in [5.74, 6) is 0.949. The number of aryl methyl sites for hydroxylation is 1. The number of carbonyl (C=O) groups excluding carboxylic acids is 1. The SMILES string of the molecule is Cc1ccc(NC(=O)ON2CCN(c3nc(N)nc4scnc34)C(C)C2C)cc1. The Hall–Kier alpha value is -2.98. The summed E-state index contributed by atoms with van der Waals surface area (Å²) in [6.07, 6.45) is -0.505. The number of nitrogen functional groups attached to an aromatic ring is 1. The highest BCUT2D eigenvalue weighted by Gasteiger charge is 2.35. The standard InChI is InChI=1S/C19H23N7O2S/c1-11-4-6-14(7-5-11)22-19(27)28-26-9-8-25(12(2)13(26)3)16-15-17(29-10-21-15)24-18(20)23-16/h4-7,10,12-13H,8-9H2,1-3H3,(H,22,27)(H2,20,23,24). The smallest absolute Gasteiger partial charge is 0.368 e. The predicted molar refractivity (Wildman–Crippen MR) is 114 cm³/mol. The van der Waals surface area contributed by atoms with E-state index in [1.165, 1.54) is 11.3 Å². The number of anilines is 3. The van der Waals surface area contributed by atoms with Crippen LogP contribution < -0.4 is 16.0 Å². The Labute approximate surface area is 172 Å². The van der Waals surface area contributed by atoms with Gasteiger partial charge in [-0.15, -0.1) is 16.4 Å². The lowest BCUT2D eigenvalue weighted by atomic mass is 10.1. The van der Waals surface area contributed by atoms with E-state index in [1.807, 2.05) is 38.1 Å². The second kappa shape index (κ2) is 7.80. The molecular formula is C19H23N7O2S. The molecule has 2 unspecified atom stereocenters. The minimum Gasteiger partial charge on any atom is -0.368 e. The maximum atomic E-state index is 12.3. The van der Waals surface area contributed by atoms with E-state index >= 15 is 0 Å². The van der Waals surface area contributed by atoms with Crippen LogP contribution in [0, 0.1) is 6.92 Å². The monoisotopic (exact) mass is 413 g/mol. The summed E-state index contributed by atoms with van der Waals surface area (Å²) in [6, 6.07) is 7.53. The van der Waals surface area contributed by atoms with Crippen molar-refractivity contribution in [3.8, 4) is 0 Å². The van der Waals surface area contributed by atoms with Gasteiger partial charge in [-0.05, 0) is 32.9 Å². The van der Waals surface area contributed by atoms with Gasteiger partial charge in [-0.25, -0.2) is 14.8 Å². The summed E-state index contributed by atoms with van der Waals surface area (Å²) in [5, 5.41) is 4.46. The van der Waals surface area contributed by atoms with Gasteiger partial charge < -0.3 is 15.5 Å². The lowest BCUT2D eigenvalue weighted by Crippen LogP contribution is -2.58. The second-order valence-electron chi connectivity index (χ2n) is 7.10. The van der Waals surface area contributed by atoms with Crippen LogP contribution in [0.1, 0.15) is 19.4 Å². The number of nitrogens with zero attached hydrogens (tertiary/aromatic N) is 5. The number of nitrogens with two attached hydrogens (primary N) is 1. The lowest BCUT2D eigenvalue weighted by Gasteiger charge is -2.43. The van der Waals surface area contributed by atoms with Crippen LogP contribution in [0.3, 0.4) is 0 Å². The first-order valence-electron chi connectivity index (χ1n) is 9.38. The van der Waals surface area contributed by atoms with E-state index in [-0.39, 0.29) is 18.0 Å². The van der Waals surface area contributed by atoms with Gasteiger partial charge in [0.1, 0.15) is 5.52 Å². The van der Waals surface area contributed by atoms with Crippen molar-refractivity contribution in [3.63, 3.8) is 0 Å². The summed E-state index contributed by atoms with van der Waals surface area (Å²) in [5.41, 5.74) is 10.2. The molecule has 3 N–H and O–H groups in total. The fraction of sp³-hybridized carbons (Fsp3) is 0.368. The molecule has 3 aromatic rings. The van der Waals surface area contributed by atoms with E-state index in [1.54, 1.807) is 10.6 Å². The molecule has 3 heterocycles. The molecule has 1 aliphatic heterocycles. The molecule has 1 amide bonds. The Morgan fingerprint density at radius 2 is 1.97 bits per heavy atom. The number of amides is 1. The van der Waals surface area contributed by atoms with E-state index in [9.17, 15) is 4.79 Å². The number of carbonyl (C=O) groups is 1. The van der Waals surface area contributed by atoms with Crippen LogP contribution in [-0.2, 0) is 4.84 Å². The maximum absolute atomic E-state index is 12.3. The normalized spacial score (nSPS) is 20.0. The highest BCUT2D eigenvalue weighted by atomic mass is 32.1. The predicted octanol–water partition coefficient (Wildman–Crippen LogP) is 3.04. The van der Waals surface area contributed by atoms with Crippen LogP contribution in [0.5, 0.6) is 0 Å². The third-order valence-electron chi connectivity index (χ3n) is 5.17. The topological polar surface area (TPSA) is 110 Å². The zero-order valence-electron chi connectivity index (χ0n) is 16.5. The number of aromatic nitrogens is 3. The van der Waals surface area contributed by atoms with Gasteiger partial charge in [0.2, 0.25) is 5.95 Å². The van der Waals surface area contributed by atoms with Gasteiger partial charge in [-0.1, -0.05) is 17.7 Å². The average Bonchev–Trinajstić information content (AvgIpc) is 3.15. The molecule has 10 heteroatoms. The fourth-order valence-electron chi connectivity index (χ4n) is 3.39. The summed E-state index contributed by atoms with van der Waals surface area (Å²) in [4.78, 5) is 33.9. The highest BCUT2D eigenvalue weighted by molar-refractivity contribution is 7.16. The van der Waals surface area contributed by atoms with Gasteiger partial charge in [0, 0.05) is 18.3 Å². The van der Waals surface area contributed by atoms with E-state index in [2.05, 4.69) is 32.1 Å². The molecule has 152 valence electrons. The van der Waals surface area contributed by atoms with E-state index < -0.39 is 6.09 Å². The van der Waals surface area contributed by atoms with Gasteiger partial charge >= 0.3 is 6.09 Å². The number of piperazine rings is 1. The highest BCUT2D eigenvalue weighted by Crippen LogP contribution is 2.30. The molecule has 2 aromatic heterocycles. The van der Waals surface area contributed by atoms with Crippen molar-refractivity contribution < 1.29 is 9.63 Å². The largest absolute Gasteiger partial charge is 0.430 e. The Bertz CT molecular complexity index is 1020. The first kappa shape index (κ1) is 19.3. The molecule has 0 spiro atoms. The van der Waals surface area contributed by atoms with Crippen molar-refractivity contribution in [2.75, 3.05) is 29.0 Å². The number of hydroxylamine groups is 2. The number of rotatable bonds is 3. The van der Waals surface area contributed by atoms with Crippen molar-refractivity contribution >= 4 is 45.2 Å². The summed E-state index contributed by atoms with van der Waals surface area (Å²) < 4.78 is 0. The lowest BCUT2D eigenvalue weighted by molar-refractivity contribution is -0.134. The molecule has 4 rings (SSSR count). The van der Waals surface area contributed by atoms with Gasteiger partial charge in [0.25, 0.3) is 0 Å². The van der Waals surface area contributed by atoms with Crippen molar-refractivity contribution in [3.05, 3.63) is 35.3 Å². The van der Waals surface area contributed by atoms with Crippen LogP contribution in [0.25, 0.3) is 10.3 Å². The summed E-state index contributed by atoms with van der Waals surface area (Å²) in [7, 11) is 0. The first-order chi connectivity index (χ1) is 13.9. The van der Waals surface area contributed by atoms with Crippen molar-refractivity contribution in [1.29, 1.82) is 0 Å². The van der Waals surface area contributed by atoms with Crippen LogP contribution in [0.15, 0.2) is 29.8 Å². The molecule has 0 radical (unpaired) electrons. The van der Waals surface area contributed by atoms with E-state index in [0.29, 0.717) is 18.8 Å². The zero-order chi connectivity index (χ0) is 20.5. The third kappa shape index (κ3) is 3.94. The molecule has 0 aliphatic carbocycles. The van der Waals surface area contributed by atoms with Crippen LogP contribution in [0.4, 0.5) is 22.2 Å². The van der Waals surface area contributed by atoms with Crippen molar-refractivity contribution in [2.24, 2.45) is 0 Å². The Kier molecular flexibility index (Phi) is 5.20. The molecule has 1 aromatic carbocycles. The Balaban J connectivity index is 1.45. The number of fused-ring (bicyclic) bond motifs is 1. The number of hydrogen-bond donors (Lipinski definition) is 2. The van der Waals surface area contributed by atoms with Crippen molar-refractivity contribution in [2.45, 2.75) is 32.9 Å². The molecular weight excluding hydrogens is 390 g/mol. The van der Waals surface area contributed by atoms with E-state index in [4.69, 9.17) is 10.6 Å². The molecule has 0 bridgehead atoms. The molecule has 1 aliphatic rings. The third-order valence-corrected chi connectivity index (χ3v) is 5.89. The second-order valence-corrected chi connectivity index (χ2v) is 7.93. The van der Waals surface area contributed by atoms with E-state index in [0.717, 1.165) is 21.7 Å². The molecule has 0 saturated carbocycles. The van der Waals surface area contributed by atoms with Gasteiger partial charge in [0.05, 0.1) is 18.1 Å². The maximum Gasteiger partial charge on any atom is 0.430 e. The summed E-state index contributed by atoms with van der Waals surface area (Å²) in [6.45, 7) is 7.22. The van der Waals surface area contributed by atoms with Gasteiger partial charge in [-0.3, -0.25) is 5.32 Å². The minimum absolute atomic E-state index is 0.0233. The molecule has 9 nitrogen and oxygen atoms in total. The van der Waals surface area contributed by atoms with Crippen LogP contribution in [0.2, 0.25) is 0 Å². The van der Waals surface area contributed by atoms with Crippen LogP contribution in [-0.4, -0.2) is 51.3 Å². The Morgan fingerprint density at radius 3 is 2.72 bits per heavy atom. The average molecular weight is 414 g/mol. The number of benzene rings is 1. The fourth-order valence-corrected chi connectivity index (χ4v) is 4.05. The molecule has 1 fully saturated rings. The number of thiazole rings is 1. The van der Waals surface area contributed by atoms with Crippen LogP contribution >= 0.6 is 11.3 Å². The minimum atomic E-state index is -0.505. The Morgan fingerprint density at radius 1 is 1.21 bits per heavy atom. The first-order valence-corrected chi connectivity index (χ1v) is 10.3. The van der Waals surface area contributed by atoms with Gasteiger partial charge in [0.15, 0.2) is 10.6 Å². The quantitative estimate of drug-likeness (QED) is 0.674. The summed E-state index contributed by atoms with van der Waals surface area (Å²) >= 11 is 1.44. The molecule has 2 atom stereocenters. The molecule has 1 saturated heterocycles. The van der Waals surface area contributed by atoms with Gasteiger partial charge in [-0.2, -0.15) is 4.98 Å².